The third kappa shape index (κ3) is 3.55. The lowest BCUT2D eigenvalue weighted by molar-refractivity contribution is 0.0902. The second-order valence-corrected chi connectivity index (χ2v) is 5.01. The van der Waals surface area contributed by atoms with Crippen LogP contribution in [0.2, 0.25) is 0 Å². The van der Waals surface area contributed by atoms with E-state index in [4.69, 9.17) is 0 Å². The van der Waals surface area contributed by atoms with Crippen LogP contribution in [0.3, 0.4) is 0 Å². The van der Waals surface area contributed by atoms with Crippen LogP contribution in [0, 0.1) is 0 Å². The molecule has 2 N–H and O–H groups in total. The number of rotatable bonds is 4. The Bertz CT molecular complexity index is 333. The van der Waals surface area contributed by atoms with E-state index in [2.05, 4.69) is 36.5 Å². The number of aryl methyl sites for hydroxylation is 1. The van der Waals surface area contributed by atoms with Crippen LogP contribution >= 0.6 is 0 Å². The standard InChI is InChI=1S/C15H23NO/c1-2-12-7-9-13(10-8-12)11-16-14-5-3-4-6-15(14)17/h7-10,14-17H,2-6,11H2,1H3. The molecule has 1 aliphatic carbocycles. The van der Waals surface area contributed by atoms with Crippen molar-refractivity contribution in [1.82, 2.24) is 5.32 Å². The van der Waals surface area contributed by atoms with E-state index in [1.54, 1.807) is 0 Å². The SMILES string of the molecule is CCc1ccc(CNC2CCCCC2O)cc1. The summed E-state index contributed by atoms with van der Waals surface area (Å²) in [6, 6.07) is 9.03. The highest BCUT2D eigenvalue weighted by molar-refractivity contribution is 5.22. The van der Waals surface area contributed by atoms with Crippen LogP contribution in [0.1, 0.15) is 43.7 Å². The third-order valence-electron chi connectivity index (χ3n) is 3.73. The predicted molar refractivity (Wildman–Crippen MR) is 70.9 cm³/mol. The lowest BCUT2D eigenvalue weighted by Crippen LogP contribution is -2.41. The molecule has 1 saturated carbocycles. The van der Waals surface area contributed by atoms with Gasteiger partial charge in [-0.15, -0.1) is 0 Å². The molecule has 0 aliphatic heterocycles. The summed E-state index contributed by atoms with van der Waals surface area (Å²) < 4.78 is 0. The molecule has 0 bridgehead atoms. The summed E-state index contributed by atoms with van der Waals surface area (Å²) in [6.45, 7) is 3.04. The van der Waals surface area contributed by atoms with Crippen molar-refractivity contribution in [2.45, 2.75) is 57.7 Å². The van der Waals surface area contributed by atoms with Gasteiger partial charge < -0.3 is 10.4 Å². The van der Waals surface area contributed by atoms with Gasteiger partial charge >= 0.3 is 0 Å². The maximum Gasteiger partial charge on any atom is 0.0693 e. The number of aliphatic hydroxyl groups is 1. The van der Waals surface area contributed by atoms with Gasteiger partial charge in [0.1, 0.15) is 0 Å². The highest BCUT2D eigenvalue weighted by atomic mass is 16.3. The molecule has 2 rings (SSSR count). The first-order valence-corrected chi connectivity index (χ1v) is 6.79. The summed E-state index contributed by atoms with van der Waals surface area (Å²) in [6.07, 6.45) is 5.41. The fourth-order valence-corrected chi connectivity index (χ4v) is 2.49. The Labute approximate surface area is 104 Å². The summed E-state index contributed by atoms with van der Waals surface area (Å²) in [5.74, 6) is 0. The van der Waals surface area contributed by atoms with Crippen LogP contribution in [0.15, 0.2) is 24.3 Å². The molecule has 2 atom stereocenters. The van der Waals surface area contributed by atoms with E-state index in [0.29, 0.717) is 0 Å². The van der Waals surface area contributed by atoms with Crippen molar-refractivity contribution in [3.8, 4) is 0 Å². The summed E-state index contributed by atoms with van der Waals surface area (Å²) >= 11 is 0. The summed E-state index contributed by atoms with van der Waals surface area (Å²) in [4.78, 5) is 0. The first kappa shape index (κ1) is 12.6. The summed E-state index contributed by atoms with van der Waals surface area (Å²) in [5.41, 5.74) is 2.69. The Morgan fingerprint density at radius 2 is 1.76 bits per heavy atom. The Balaban J connectivity index is 1.84. The molecule has 0 radical (unpaired) electrons. The molecule has 1 aliphatic rings. The molecule has 0 spiro atoms. The number of nitrogens with one attached hydrogen (secondary N) is 1. The van der Waals surface area contributed by atoms with Crippen LogP contribution in [0.5, 0.6) is 0 Å². The normalized spacial score (nSPS) is 24.8. The van der Waals surface area contributed by atoms with Crippen molar-refractivity contribution >= 4 is 0 Å². The van der Waals surface area contributed by atoms with Gasteiger partial charge in [-0.25, -0.2) is 0 Å². The van der Waals surface area contributed by atoms with Crippen molar-refractivity contribution in [3.05, 3.63) is 35.4 Å². The van der Waals surface area contributed by atoms with Crippen LogP contribution in [0.25, 0.3) is 0 Å². The lowest BCUT2D eigenvalue weighted by atomic mass is 9.92. The maximum absolute atomic E-state index is 9.87. The molecule has 1 fully saturated rings. The van der Waals surface area contributed by atoms with E-state index in [0.717, 1.165) is 25.8 Å². The zero-order valence-electron chi connectivity index (χ0n) is 10.7. The molecule has 0 heterocycles. The van der Waals surface area contributed by atoms with Crippen LogP contribution in [-0.2, 0) is 13.0 Å². The van der Waals surface area contributed by atoms with Crippen molar-refractivity contribution in [1.29, 1.82) is 0 Å². The molecule has 2 unspecified atom stereocenters. The number of hydrogen-bond donors (Lipinski definition) is 2. The third-order valence-corrected chi connectivity index (χ3v) is 3.73. The predicted octanol–water partition coefficient (Wildman–Crippen LogP) is 2.64. The van der Waals surface area contributed by atoms with Gasteiger partial charge in [-0.1, -0.05) is 44.0 Å². The van der Waals surface area contributed by atoms with Gasteiger partial charge in [-0.05, 0) is 30.4 Å². The second-order valence-electron chi connectivity index (χ2n) is 5.01. The molecule has 1 aromatic rings. The Morgan fingerprint density at radius 1 is 1.12 bits per heavy atom. The fraction of sp³-hybridized carbons (Fsp3) is 0.600. The molecule has 17 heavy (non-hydrogen) atoms. The molecule has 0 amide bonds. The zero-order valence-corrected chi connectivity index (χ0v) is 10.7. The summed E-state index contributed by atoms with van der Waals surface area (Å²) in [7, 11) is 0. The summed E-state index contributed by atoms with van der Waals surface area (Å²) in [5, 5.41) is 13.3. The van der Waals surface area contributed by atoms with Gasteiger partial charge in [0.2, 0.25) is 0 Å². The van der Waals surface area contributed by atoms with Gasteiger partial charge in [0.15, 0.2) is 0 Å². The lowest BCUT2D eigenvalue weighted by Gasteiger charge is -2.28. The van der Waals surface area contributed by atoms with Gasteiger partial charge in [0.25, 0.3) is 0 Å². The van der Waals surface area contributed by atoms with Crippen molar-refractivity contribution in [3.63, 3.8) is 0 Å². The molecule has 2 heteroatoms. The van der Waals surface area contributed by atoms with E-state index in [1.807, 2.05) is 0 Å². The highest BCUT2D eigenvalue weighted by Crippen LogP contribution is 2.18. The molecule has 94 valence electrons. The topological polar surface area (TPSA) is 32.3 Å². The Kier molecular flexibility index (Phi) is 4.57. The molecule has 1 aromatic carbocycles. The first-order chi connectivity index (χ1) is 8.29. The number of aliphatic hydroxyl groups excluding tert-OH is 1. The van der Waals surface area contributed by atoms with Gasteiger partial charge in [0.05, 0.1) is 6.10 Å². The van der Waals surface area contributed by atoms with Crippen LogP contribution < -0.4 is 5.32 Å². The minimum absolute atomic E-state index is 0.154. The minimum atomic E-state index is -0.154. The van der Waals surface area contributed by atoms with Gasteiger partial charge in [-0.3, -0.25) is 0 Å². The zero-order chi connectivity index (χ0) is 12.1. The van der Waals surface area contributed by atoms with Crippen molar-refractivity contribution < 1.29 is 5.11 Å². The smallest absolute Gasteiger partial charge is 0.0693 e. The maximum atomic E-state index is 9.87. The molecular weight excluding hydrogens is 210 g/mol. The Hall–Kier alpha value is -0.860. The number of hydrogen-bond acceptors (Lipinski definition) is 2. The quantitative estimate of drug-likeness (QED) is 0.838. The van der Waals surface area contributed by atoms with Gasteiger partial charge in [-0.2, -0.15) is 0 Å². The van der Waals surface area contributed by atoms with E-state index < -0.39 is 0 Å². The average molecular weight is 233 g/mol. The van der Waals surface area contributed by atoms with E-state index in [1.165, 1.54) is 24.0 Å². The van der Waals surface area contributed by atoms with E-state index in [-0.39, 0.29) is 12.1 Å². The van der Waals surface area contributed by atoms with Crippen LogP contribution in [-0.4, -0.2) is 17.3 Å². The molecule has 0 aromatic heterocycles. The molecular formula is C15H23NO. The number of benzene rings is 1. The van der Waals surface area contributed by atoms with E-state index in [9.17, 15) is 5.11 Å². The largest absolute Gasteiger partial charge is 0.392 e. The van der Waals surface area contributed by atoms with E-state index >= 15 is 0 Å². The second kappa shape index (κ2) is 6.18. The molecule has 0 saturated heterocycles. The molecule has 2 nitrogen and oxygen atoms in total. The monoisotopic (exact) mass is 233 g/mol. The van der Waals surface area contributed by atoms with Crippen molar-refractivity contribution in [2.24, 2.45) is 0 Å². The fourth-order valence-electron chi connectivity index (χ4n) is 2.49. The minimum Gasteiger partial charge on any atom is -0.392 e. The van der Waals surface area contributed by atoms with Crippen molar-refractivity contribution in [2.75, 3.05) is 0 Å². The average Bonchev–Trinajstić information content (AvgIpc) is 2.38. The van der Waals surface area contributed by atoms with Gasteiger partial charge in [0, 0.05) is 12.6 Å². The highest BCUT2D eigenvalue weighted by Gasteiger charge is 2.21. The van der Waals surface area contributed by atoms with Crippen LogP contribution in [0.4, 0.5) is 0 Å². The Morgan fingerprint density at radius 3 is 2.41 bits per heavy atom. The first-order valence-electron chi connectivity index (χ1n) is 6.79.